The number of carbonyl (C=O) groups is 3. The van der Waals surface area contributed by atoms with Gasteiger partial charge in [-0.2, -0.15) is 0 Å². The molecule has 1 N–H and O–H groups in total. The summed E-state index contributed by atoms with van der Waals surface area (Å²) in [5, 5.41) is 3.00. The fourth-order valence-electron chi connectivity index (χ4n) is 3.70. The molecule has 1 aliphatic rings. The minimum absolute atomic E-state index is 0.176. The fourth-order valence-corrected chi connectivity index (χ4v) is 4.59. The molecule has 0 aliphatic carbocycles. The van der Waals surface area contributed by atoms with Gasteiger partial charge in [-0.1, -0.05) is 23.5 Å². The third-order valence-electron chi connectivity index (χ3n) is 5.54. The summed E-state index contributed by atoms with van der Waals surface area (Å²) in [4.78, 5) is 44.2. The van der Waals surface area contributed by atoms with Gasteiger partial charge in [0, 0.05) is 5.56 Å². The highest BCUT2D eigenvalue weighted by atomic mass is 32.1. The average Bonchev–Trinajstić information content (AvgIpc) is 3.27. The number of hydrogen-bond acceptors (Lipinski definition) is 5. The minimum atomic E-state index is -0.474. The van der Waals surface area contributed by atoms with E-state index < -0.39 is 17.7 Å². The number of imide groups is 1. The van der Waals surface area contributed by atoms with E-state index in [1.807, 2.05) is 19.9 Å². The largest absolute Gasteiger partial charge is 0.298 e. The topological polar surface area (TPSA) is 79.4 Å². The number of halogens is 1. The van der Waals surface area contributed by atoms with Crippen molar-refractivity contribution in [2.24, 2.45) is 0 Å². The van der Waals surface area contributed by atoms with Crippen LogP contribution in [0.5, 0.6) is 0 Å². The van der Waals surface area contributed by atoms with Crippen LogP contribution in [0.25, 0.3) is 10.2 Å². The molecule has 4 aromatic rings. The average molecular weight is 445 g/mol. The molecule has 0 bridgehead atoms. The van der Waals surface area contributed by atoms with E-state index in [1.165, 1.54) is 30.3 Å². The number of carbonyl (C=O) groups excluding carboxylic acids is 3. The van der Waals surface area contributed by atoms with E-state index in [0.717, 1.165) is 27.4 Å². The van der Waals surface area contributed by atoms with Gasteiger partial charge in [-0.15, -0.1) is 0 Å². The first kappa shape index (κ1) is 20.0. The van der Waals surface area contributed by atoms with Gasteiger partial charge in [0.05, 0.1) is 27.0 Å². The monoisotopic (exact) mass is 445 g/mol. The van der Waals surface area contributed by atoms with Crippen LogP contribution in [0.15, 0.2) is 54.6 Å². The van der Waals surface area contributed by atoms with Crippen molar-refractivity contribution in [2.75, 3.05) is 10.2 Å². The van der Waals surface area contributed by atoms with E-state index in [0.29, 0.717) is 21.0 Å². The van der Waals surface area contributed by atoms with Gasteiger partial charge < -0.3 is 0 Å². The Balaban J connectivity index is 1.45. The first-order valence-electron chi connectivity index (χ1n) is 9.80. The Hall–Kier alpha value is -3.91. The zero-order valence-corrected chi connectivity index (χ0v) is 17.9. The number of benzene rings is 3. The summed E-state index contributed by atoms with van der Waals surface area (Å²) in [6, 6.07) is 14.0. The summed E-state index contributed by atoms with van der Waals surface area (Å²) in [5.74, 6) is -1.74. The van der Waals surface area contributed by atoms with Crippen molar-refractivity contribution in [3.63, 3.8) is 0 Å². The Morgan fingerprint density at radius 3 is 2.59 bits per heavy atom. The summed E-state index contributed by atoms with van der Waals surface area (Å²) < 4.78 is 14.0. The molecule has 2 heterocycles. The maximum absolute atomic E-state index is 13.4. The van der Waals surface area contributed by atoms with Crippen LogP contribution < -0.4 is 10.2 Å². The van der Waals surface area contributed by atoms with E-state index in [4.69, 9.17) is 0 Å². The highest BCUT2D eigenvalue weighted by molar-refractivity contribution is 7.22. The molecule has 5 rings (SSSR count). The van der Waals surface area contributed by atoms with Crippen molar-refractivity contribution in [1.29, 1.82) is 0 Å². The zero-order valence-electron chi connectivity index (χ0n) is 17.1. The molecule has 0 atom stereocenters. The number of hydrogen-bond donors (Lipinski definition) is 1. The van der Waals surface area contributed by atoms with Gasteiger partial charge in [0.2, 0.25) is 0 Å². The normalized spacial score (nSPS) is 13.0. The molecule has 0 unspecified atom stereocenters. The van der Waals surface area contributed by atoms with Gasteiger partial charge in [-0.25, -0.2) is 14.3 Å². The van der Waals surface area contributed by atoms with E-state index in [9.17, 15) is 18.8 Å². The molecule has 0 radical (unpaired) electrons. The second kappa shape index (κ2) is 7.35. The number of fused-ring (bicyclic) bond motifs is 2. The highest BCUT2D eigenvalue weighted by Gasteiger charge is 2.38. The van der Waals surface area contributed by atoms with Gasteiger partial charge in [-0.05, 0) is 67.4 Å². The first-order chi connectivity index (χ1) is 15.3. The smallest absolute Gasteiger partial charge is 0.266 e. The Bertz CT molecular complexity index is 1460. The summed E-state index contributed by atoms with van der Waals surface area (Å²) in [7, 11) is 0. The van der Waals surface area contributed by atoms with Crippen LogP contribution in [0.1, 0.15) is 42.2 Å². The molecule has 0 fully saturated rings. The highest BCUT2D eigenvalue weighted by Crippen LogP contribution is 2.32. The predicted molar refractivity (Wildman–Crippen MR) is 121 cm³/mol. The van der Waals surface area contributed by atoms with Crippen molar-refractivity contribution >= 4 is 50.1 Å². The second-order valence-electron chi connectivity index (χ2n) is 7.51. The molecular formula is C24H16FN3O3S. The third-order valence-corrected chi connectivity index (χ3v) is 6.47. The molecule has 0 spiro atoms. The van der Waals surface area contributed by atoms with Crippen LogP contribution in [-0.4, -0.2) is 22.7 Å². The summed E-state index contributed by atoms with van der Waals surface area (Å²) in [6.45, 7) is 3.77. The Labute approximate surface area is 186 Å². The van der Waals surface area contributed by atoms with E-state index >= 15 is 0 Å². The van der Waals surface area contributed by atoms with Crippen LogP contribution in [0.4, 0.5) is 15.2 Å². The van der Waals surface area contributed by atoms with Gasteiger partial charge in [-0.3, -0.25) is 19.7 Å². The van der Waals surface area contributed by atoms with Gasteiger partial charge in [0.1, 0.15) is 5.82 Å². The van der Waals surface area contributed by atoms with Crippen LogP contribution in [0, 0.1) is 19.7 Å². The quantitative estimate of drug-likeness (QED) is 0.445. The standard InChI is InChI=1S/C24H16FN3O3S/c1-12-4-3-5-19(13(12)2)28-22(30)16-8-6-14(10-17(16)23(28)31)21(29)27-24-26-18-9-7-15(25)11-20(18)32-24/h3-11H,1-2H3,(H,26,27,29). The number of aryl methyl sites for hydroxylation is 1. The lowest BCUT2D eigenvalue weighted by molar-refractivity contribution is 0.0925. The molecule has 158 valence electrons. The molecule has 1 aliphatic heterocycles. The fraction of sp³-hybridized carbons (Fsp3) is 0.0833. The lowest BCUT2D eigenvalue weighted by atomic mass is 10.1. The van der Waals surface area contributed by atoms with Crippen molar-refractivity contribution in [3.05, 3.63) is 88.2 Å². The number of rotatable bonds is 3. The number of anilines is 2. The zero-order chi connectivity index (χ0) is 22.6. The predicted octanol–water partition coefficient (Wildman–Crippen LogP) is 5.11. The van der Waals surface area contributed by atoms with Crippen molar-refractivity contribution in [3.8, 4) is 0 Å². The maximum Gasteiger partial charge on any atom is 0.266 e. The number of nitrogens with zero attached hydrogens (tertiary/aromatic N) is 2. The molecule has 32 heavy (non-hydrogen) atoms. The lowest BCUT2D eigenvalue weighted by Crippen LogP contribution is -2.30. The van der Waals surface area contributed by atoms with Gasteiger partial charge >= 0.3 is 0 Å². The van der Waals surface area contributed by atoms with Crippen LogP contribution >= 0.6 is 11.3 Å². The van der Waals surface area contributed by atoms with E-state index in [1.54, 1.807) is 18.2 Å². The Morgan fingerprint density at radius 2 is 1.78 bits per heavy atom. The first-order valence-corrected chi connectivity index (χ1v) is 10.6. The molecule has 1 aromatic heterocycles. The third kappa shape index (κ3) is 3.16. The van der Waals surface area contributed by atoms with E-state index in [-0.39, 0.29) is 22.5 Å². The number of thiazole rings is 1. The Morgan fingerprint density at radius 1 is 1.00 bits per heavy atom. The number of nitrogens with one attached hydrogen (secondary N) is 1. The summed E-state index contributed by atoms with van der Waals surface area (Å²) in [6.07, 6.45) is 0. The molecule has 6 nitrogen and oxygen atoms in total. The SMILES string of the molecule is Cc1cccc(N2C(=O)c3ccc(C(=O)Nc4nc5ccc(F)cc5s4)cc3C2=O)c1C. The molecule has 3 aromatic carbocycles. The number of aromatic nitrogens is 1. The molecule has 0 saturated carbocycles. The number of amides is 3. The van der Waals surface area contributed by atoms with Gasteiger partial charge in [0.15, 0.2) is 5.13 Å². The molecule has 3 amide bonds. The summed E-state index contributed by atoms with van der Waals surface area (Å²) in [5.41, 5.74) is 3.56. The van der Waals surface area contributed by atoms with Crippen molar-refractivity contribution < 1.29 is 18.8 Å². The van der Waals surface area contributed by atoms with Gasteiger partial charge in [0.25, 0.3) is 17.7 Å². The molecule has 8 heteroatoms. The molecular weight excluding hydrogens is 429 g/mol. The van der Waals surface area contributed by atoms with Crippen molar-refractivity contribution in [2.45, 2.75) is 13.8 Å². The molecule has 0 saturated heterocycles. The van der Waals surface area contributed by atoms with Crippen LogP contribution in [0.2, 0.25) is 0 Å². The Kier molecular flexibility index (Phi) is 4.60. The maximum atomic E-state index is 13.4. The van der Waals surface area contributed by atoms with E-state index in [2.05, 4.69) is 10.3 Å². The minimum Gasteiger partial charge on any atom is -0.298 e. The van der Waals surface area contributed by atoms with Crippen LogP contribution in [-0.2, 0) is 0 Å². The second-order valence-corrected chi connectivity index (χ2v) is 8.54. The lowest BCUT2D eigenvalue weighted by Gasteiger charge is -2.17. The summed E-state index contributed by atoms with van der Waals surface area (Å²) >= 11 is 1.15. The van der Waals surface area contributed by atoms with Crippen LogP contribution in [0.3, 0.4) is 0 Å². The van der Waals surface area contributed by atoms with Crippen molar-refractivity contribution in [1.82, 2.24) is 4.98 Å².